The molecule has 11 heteroatoms. The van der Waals surface area contributed by atoms with E-state index in [0.29, 0.717) is 49.7 Å². The third kappa shape index (κ3) is 7.07. The van der Waals surface area contributed by atoms with Crippen molar-refractivity contribution in [3.63, 3.8) is 0 Å². The van der Waals surface area contributed by atoms with Gasteiger partial charge in [0.15, 0.2) is 0 Å². The smallest absolute Gasteiger partial charge is 0.351 e. The predicted octanol–water partition coefficient (Wildman–Crippen LogP) is 5.58. The maximum atomic E-state index is 13.6. The molecule has 218 valence electrons. The molecule has 2 saturated heterocycles. The summed E-state index contributed by atoms with van der Waals surface area (Å²) >= 11 is 6.14. The van der Waals surface area contributed by atoms with Gasteiger partial charge >= 0.3 is 12.2 Å². The third-order valence-corrected chi connectivity index (χ3v) is 8.32. The molecule has 40 heavy (non-hydrogen) atoms. The number of nitrogens with two attached hydrogens (primary N) is 1. The van der Waals surface area contributed by atoms with Gasteiger partial charge in [-0.3, -0.25) is 14.7 Å². The highest BCUT2D eigenvalue weighted by Gasteiger charge is 2.41. The van der Waals surface area contributed by atoms with E-state index in [1.165, 1.54) is 12.3 Å². The van der Waals surface area contributed by atoms with E-state index in [0.717, 1.165) is 24.5 Å². The van der Waals surface area contributed by atoms with Crippen molar-refractivity contribution in [2.75, 3.05) is 32.7 Å². The minimum absolute atomic E-state index is 0.0938. The number of likely N-dealkylation sites (tertiary alicyclic amines) is 1. The van der Waals surface area contributed by atoms with Gasteiger partial charge in [0, 0.05) is 56.4 Å². The van der Waals surface area contributed by atoms with E-state index >= 15 is 0 Å². The van der Waals surface area contributed by atoms with E-state index in [-0.39, 0.29) is 29.3 Å². The van der Waals surface area contributed by atoms with Crippen LogP contribution in [-0.4, -0.2) is 70.4 Å². The molecule has 4 rings (SSSR count). The number of rotatable bonds is 5. The highest BCUT2D eigenvalue weighted by atomic mass is 35.5. The number of benzene rings is 1. The number of aromatic nitrogens is 1. The first-order valence-electron chi connectivity index (χ1n) is 13.6. The van der Waals surface area contributed by atoms with Gasteiger partial charge < -0.3 is 15.5 Å². The fraction of sp³-hybridized carbons (Fsp3) is 0.552. The molecule has 0 radical (unpaired) electrons. The Morgan fingerprint density at radius 3 is 2.15 bits per heavy atom. The molecule has 0 spiro atoms. The first-order valence-corrected chi connectivity index (χ1v) is 14.0. The second-order valence-electron chi connectivity index (χ2n) is 11.9. The normalized spacial score (nSPS) is 20.4. The lowest BCUT2D eigenvalue weighted by molar-refractivity contribution is -0.141. The van der Waals surface area contributed by atoms with Gasteiger partial charge in [-0.25, -0.2) is 4.79 Å². The van der Waals surface area contributed by atoms with Crippen LogP contribution in [0.3, 0.4) is 0 Å². The van der Waals surface area contributed by atoms with Crippen molar-refractivity contribution in [2.45, 2.75) is 58.3 Å². The SMILES string of the molecule is CC(C)(C)[C@H]1CN(C(c2ccc(Cl)cc2)c2ccc(C(F)(F)F)nc2)CCN1C(=O)CC1CCN(C(N)=O)CC1. The van der Waals surface area contributed by atoms with Crippen molar-refractivity contribution in [1.82, 2.24) is 19.7 Å². The Kier molecular flexibility index (Phi) is 8.99. The molecule has 7 nitrogen and oxygen atoms in total. The molecule has 3 heterocycles. The maximum Gasteiger partial charge on any atom is 0.433 e. The van der Waals surface area contributed by atoms with Crippen molar-refractivity contribution < 1.29 is 22.8 Å². The molecular weight excluding hydrogens is 543 g/mol. The molecule has 0 aliphatic carbocycles. The summed E-state index contributed by atoms with van der Waals surface area (Å²) in [5, 5.41) is 0.567. The van der Waals surface area contributed by atoms with E-state index in [9.17, 15) is 22.8 Å². The monoisotopic (exact) mass is 579 g/mol. The number of urea groups is 1. The molecule has 1 aromatic carbocycles. The number of alkyl halides is 3. The number of piperidine rings is 1. The lowest BCUT2D eigenvalue weighted by Crippen LogP contribution is -2.60. The van der Waals surface area contributed by atoms with Gasteiger partial charge in [-0.1, -0.05) is 50.6 Å². The number of primary amides is 1. The average Bonchev–Trinajstić information content (AvgIpc) is 2.89. The lowest BCUT2D eigenvalue weighted by atomic mass is 9.82. The van der Waals surface area contributed by atoms with Crippen LogP contribution < -0.4 is 5.73 Å². The number of hydrogen-bond acceptors (Lipinski definition) is 4. The van der Waals surface area contributed by atoms with Crippen molar-refractivity contribution in [3.05, 3.63) is 64.4 Å². The number of carbonyl (C=O) groups is 2. The van der Waals surface area contributed by atoms with Gasteiger partial charge in [-0.15, -0.1) is 0 Å². The first kappa shape index (κ1) is 30.1. The highest BCUT2D eigenvalue weighted by molar-refractivity contribution is 6.30. The number of carbonyl (C=O) groups excluding carboxylic acids is 2. The number of pyridine rings is 1. The standard InChI is InChI=1S/C29H37ClF3N5O2/c1-28(2,3)24-18-37(14-15-38(24)25(39)16-19-10-12-36(13-11-19)27(34)40)26(20-4-7-22(30)8-5-20)21-6-9-23(35-17-21)29(31,32)33/h4-9,17,19,24,26H,10-16,18H2,1-3H3,(H2,34,40)/t24-,26?/m1/s1. The van der Waals surface area contributed by atoms with E-state index in [2.05, 4.69) is 30.7 Å². The van der Waals surface area contributed by atoms with Crippen LogP contribution in [0.1, 0.15) is 62.9 Å². The maximum absolute atomic E-state index is 13.6. The van der Waals surface area contributed by atoms with E-state index in [1.54, 1.807) is 17.0 Å². The van der Waals surface area contributed by atoms with Crippen molar-refractivity contribution in [2.24, 2.45) is 17.1 Å². The molecule has 2 aliphatic heterocycles. The molecule has 2 aromatic rings. The number of amides is 3. The molecular formula is C29H37ClF3N5O2. The third-order valence-electron chi connectivity index (χ3n) is 8.06. The van der Waals surface area contributed by atoms with Gasteiger partial charge in [0.1, 0.15) is 5.69 Å². The summed E-state index contributed by atoms with van der Waals surface area (Å²) in [6, 6.07) is 8.91. The number of nitrogens with zero attached hydrogens (tertiary/aromatic N) is 4. The minimum atomic E-state index is -4.52. The van der Waals surface area contributed by atoms with E-state index in [4.69, 9.17) is 17.3 Å². The Morgan fingerprint density at radius 2 is 1.62 bits per heavy atom. The van der Waals surface area contributed by atoms with Crippen LogP contribution in [0.25, 0.3) is 0 Å². The summed E-state index contributed by atoms with van der Waals surface area (Å²) in [6.07, 6.45) is -1.32. The molecule has 1 aromatic heterocycles. The fourth-order valence-corrected chi connectivity index (χ4v) is 5.92. The summed E-state index contributed by atoms with van der Waals surface area (Å²) in [5.41, 5.74) is 5.75. The molecule has 2 N–H and O–H groups in total. The van der Waals surface area contributed by atoms with Crippen LogP contribution >= 0.6 is 11.6 Å². The molecule has 2 fully saturated rings. The second-order valence-corrected chi connectivity index (χ2v) is 12.3. The largest absolute Gasteiger partial charge is 0.433 e. The zero-order chi connectivity index (χ0) is 29.2. The quantitative estimate of drug-likeness (QED) is 0.501. The molecule has 0 bridgehead atoms. The summed E-state index contributed by atoms with van der Waals surface area (Å²) in [4.78, 5) is 34.6. The van der Waals surface area contributed by atoms with Crippen LogP contribution in [0, 0.1) is 11.3 Å². The van der Waals surface area contributed by atoms with Gasteiger partial charge in [0.25, 0.3) is 0 Å². The molecule has 0 saturated carbocycles. The van der Waals surface area contributed by atoms with Crippen molar-refractivity contribution in [1.29, 1.82) is 0 Å². The first-order chi connectivity index (χ1) is 18.7. The second kappa shape index (κ2) is 11.9. The topological polar surface area (TPSA) is 82.8 Å². The van der Waals surface area contributed by atoms with E-state index < -0.39 is 17.9 Å². The summed E-state index contributed by atoms with van der Waals surface area (Å²) in [7, 11) is 0. The molecule has 3 amide bonds. The highest BCUT2D eigenvalue weighted by Crippen LogP contribution is 2.37. The van der Waals surface area contributed by atoms with Crippen molar-refractivity contribution >= 4 is 23.5 Å². The number of hydrogen-bond donors (Lipinski definition) is 1. The van der Waals surface area contributed by atoms with Crippen LogP contribution in [0.5, 0.6) is 0 Å². The zero-order valence-electron chi connectivity index (χ0n) is 23.1. The Morgan fingerprint density at radius 1 is 1.00 bits per heavy atom. The Hall–Kier alpha value is -2.85. The van der Waals surface area contributed by atoms with Gasteiger partial charge in [0.2, 0.25) is 5.91 Å². The Labute approximate surface area is 238 Å². The molecule has 2 atom stereocenters. The lowest BCUT2D eigenvalue weighted by Gasteiger charge is -2.49. The van der Waals surface area contributed by atoms with Crippen LogP contribution in [0.2, 0.25) is 5.02 Å². The average molecular weight is 580 g/mol. The summed E-state index contributed by atoms with van der Waals surface area (Å²) in [5.74, 6) is 0.290. The summed E-state index contributed by atoms with van der Waals surface area (Å²) in [6.45, 7) is 9.02. The summed E-state index contributed by atoms with van der Waals surface area (Å²) < 4.78 is 39.7. The van der Waals surface area contributed by atoms with Crippen LogP contribution in [0.15, 0.2) is 42.6 Å². The molecule has 2 aliphatic rings. The molecule has 1 unspecified atom stereocenters. The predicted molar refractivity (Wildman–Crippen MR) is 148 cm³/mol. The van der Waals surface area contributed by atoms with E-state index in [1.807, 2.05) is 17.0 Å². The zero-order valence-corrected chi connectivity index (χ0v) is 23.9. The van der Waals surface area contributed by atoms with Crippen LogP contribution in [-0.2, 0) is 11.0 Å². The number of piperazine rings is 1. The Bertz CT molecular complexity index is 1180. The van der Waals surface area contributed by atoms with Gasteiger partial charge in [0.05, 0.1) is 6.04 Å². The van der Waals surface area contributed by atoms with Gasteiger partial charge in [-0.05, 0) is 53.5 Å². The van der Waals surface area contributed by atoms with Gasteiger partial charge in [-0.2, -0.15) is 13.2 Å². The Balaban J connectivity index is 1.56. The number of halogens is 4. The van der Waals surface area contributed by atoms with Crippen LogP contribution in [0.4, 0.5) is 18.0 Å². The van der Waals surface area contributed by atoms with Crippen molar-refractivity contribution in [3.8, 4) is 0 Å². The fourth-order valence-electron chi connectivity index (χ4n) is 5.79. The minimum Gasteiger partial charge on any atom is -0.351 e.